The number of hydrogen-bond acceptors (Lipinski definition) is 2. The topological polar surface area (TPSA) is 74.6 Å². The van der Waals surface area contributed by atoms with Gasteiger partial charge < -0.3 is 10.2 Å². The van der Waals surface area contributed by atoms with Gasteiger partial charge in [0, 0.05) is 0 Å². The molecular formula is C16H32LiNaO4. The summed E-state index contributed by atoms with van der Waals surface area (Å²) in [5.74, 6) is -1.70. The molecule has 2 N–H and O–H groups in total. The fourth-order valence-corrected chi connectivity index (χ4v) is 2.37. The second-order valence-electron chi connectivity index (χ2n) is 6.64. The fourth-order valence-electron chi connectivity index (χ4n) is 2.37. The van der Waals surface area contributed by atoms with Gasteiger partial charge in [0.1, 0.15) is 6.42 Å². The molecule has 0 radical (unpaired) electrons. The van der Waals surface area contributed by atoms with Crippen molar-refractivity contribution in [1.82, 2.24) is 0 Å². The van der Waals surface area contributed by atoms with E-state index in [2.05, 4.69) is 45.4 Å². The molecule has 0 aliphatic rings. The third-order valence-corrected chi connectivity index (χ3v) is 3.68. The van der Waals surface area contributed by atoms with Crippen molar-refractivity contribution >= 4 is 59.2 Å². The molecule has 1 atom stereocenters. The fraction of sp³-hybridized carbons (Fsp3) is 0.875. The zero-order valence-corrected chi connectivity index (χ0v) is 14.4. The molecule has 22 heavy (non-hydrogen) atoms. The average Bonchev–Trinajstić information content (AvgIpc) is 2.31. The van der Waals surface area contributed by atoms with E-state index in [1.165, 1.54) is 43.6 Å². The monoisotopic (exact) mass is 318 g/mol. The van der Waals surface area contributed by atoms with E-state index < -0.39 is 18.4 Å². The van der Waals surface area contributed by atoms with Gasteiger partial charge in [0.2, 0.25) is 0 Å². The van der Waals surface area contributed by atoms with Gasteiger partial charge >= 0.3 is 142 Å². The van der Waals surface area contributed by atoms with Gasteiger partial charge in [0.05, 0.1) is 0 Å². The minimum absolute atomic E-state index is 0. The van der Waals surface area contributed by atoms with Gasteiger partial charge in [0.15, 0.2) is 0 Å². The SMILES string of the molecule is O=C(O)CC(=O)O.[Li][CH2]C(CCCCCCC)C(C)(C)C.[NaH]. The van der Waals surface area contributed by atoms with Crippen molar-refractivity contribution < 1.29 is 19.8 Å². The van der Waals surface area contributed by atoms with Crippen LogP contribution in [0.3, 0.4) is 0 Å². The molecule has 0 amide bonds. The van der Waals surface area contributed by atoms with Crippen LogP contribution in [0.15, 0.2) is 0 Å². The van der Waals surface area contributed by atoms with Crippen LogP contribution in [-0.2, 0) is 9.59 Å². The molecule has 0 fully saturated rings. The Balaban J connectivity index is -0.000000385. The molecule has 0 heterocycles. The van der Waals surface area contributed by atoms with Crippen LogP contribution in [0.25, 0.3) is 0 Å². The van der Waals surface area contributed by atoms with E-state index in [0.29, 0.717) is 5.41 Å². The molecule has 1 unspecified atom stereocenters. The second kappa shape index (κ2) is 16.4. The van der Waals surface area contributed by atoms with Crippen LogP contribution in [0.2, 0.25) is 5.09 Å². The Morgan fingerprint density at radius 2 is 1.45 bits per heavy atom. The van der Waals surface area contributed by atoms with Gasteiger partial charge in [-0.25, -0.2) is 0 Å². The summed E-state index contributed by atoms with van der Waals surface area (Å²) in [4.78, 5) is 18.9. The van der Waals surface area contributed by atoms with E-state index >= 15 is 0 Å². The van der Waals surface area contributed by atoms with E-state index in [-0.39, 0.29) is 29.6 Å². The third-order valence-electron chi connectivity index (χ3n) is 3.68. The van der Waals surface area contributed by atoms with Crippen molar-refractivity contribution in [3.63, 3.8) is 0 Å². The Labute approximate surface area is 167 Å². The summed E-state index contributed by atoms with van der Waals surface area (Å²) >= 11 is 2.34. The van der Waals surface area contributed by atoms with E-state index in [1.54, 1.807) is 0 Å². The van der Waals surface area contributed by atoms with Crippen molar-refractivity contribution in [3.05, 3.63) is 0 Å². The van der Waals surface area contributed by atoms with Gasteiger partial charge in [0.25, 0.3) is 0 Å². The molecule has 0 saturated heterocycles. The molecule has 0 bridgehead atoms. The van der Waals surface area contributed by atoms with Crippen molar-refractivity contribution in [2.45, 2.75) is 77.7 Å². The zero-order valence-electron chi connectivity index (χ0n) is 14.4. The molecule has 0 rings (SSSR count). The molecule has 0 aromatic carbocycles. The number of carbonyl (C=O) groups is 2. The maximum atomic E-state index is 9.43. The summed E-state index contributed by atoms with van der Waals surface area (Å²) in [6.45, 7) is 9.43. The summed E-state index contributed by atoms with van der Waals surface area (Å²) in [5, 5.41) is 16.8. The molecule has 6 heteroatoms. The summed E-state index contributed by atoms with van der Waals surface area (Å²) in [6.07, 6.45) is 7.74. The molecule has 0 saturated carbocycles. The van der Waals surface area contributed by atoms with Crippen LogP contribution in [0.5, 0.6) is 0 Å². The molecule has 0 aliphatic carbocycles. The summed E-state index contributed by atoms with van der Waals surface area (Å²) in [7, 11) is 0. The average molecular weight is 318 g/mol. The van der Waals surface area contributed by atoms with Gasteiger partial charge in [-0.3, -0.25) is 9.59 Å². The first-order valence-electron chi connectivity index (χ1n) is 8.08. The molecule has 0 aromatic rings. The third kappa shape index (κ3) is 20.5. The maximum absolute atomic E-state index is 9.43. The van der Waals surface area contributed by atoms with Crippen molar-refractivity contribution in [2.24, 2.45) is 11.3 Å². The molecule has 0 aromatic heterocycles. The Morgan fingerprint density at radius 3 is 1.73 bits per heavy atom. The first-order chi connectivity index (χ1) is 9.65. The second-order valence-corrected chi connectivity index (χ2v) is 6.64. The van der Waals surface area contributed by atoms with E-state index in [0.717, 1.165) is 5.92 Å². The van der Waals surface area contributed by atoms with Crippen LogP contribution in [0.4, 0.5) is 0 Å². The quantitative estimate of drug-likeness (QED) is 0.388. The Hall–Kier alpha value is 0.537. The van der Waals surface area contributed by atoms with Gasteiger partial charge in [-0.05, 0) is 0 Å². The van der Waals surface area contributed by atoms with Crippen LogP contribution >= 0.6 is 0 Å². The Bertz CT molecular complexity index is 278. The number of hydrogen-bond donors (Lipinski definition) is 2. The standard InChI is InChI=1S/C13H27.C3H4O4.Li.Na.H/c1-6-7-8-9-10-11-12(2)13(3,4)5;4-2(5)1-3(6)7;;;/h12H,2,6-11H2,1,3-5H3;1H2,(H,4,5)(H,6,7);;;. The summed E-state index contributed by atoms with van der Waals surface area (Å²) in [6, 6.07) is 0. The van der Waals surface area contributed by atoms with Crippen LogP contribution in [0.1, 0.15) is 72.6 Å². The van der Waals surface area contributed by atoms with E-state index in [9.17, 15) is 9.59 Å². The van der Waals surface area contributed by atoms with Gasteiger partial charge in [-0.2, -0.15) is 0 Å². The Morgan fingerprint density at radius 1 is 1.00 bits per heavy atom. The summed E-state index contributed by atoms with van der Waals surface area (Å²) in [5.41, 5.74) is 0.513. The minimum atomic E-state index is -1.31. The molecule has 4 nitrogen and oxygen atoms in total. The number of rotatable bonds is 9. The normalized spacial score (nSPS) is 11.7. The first kappa shape index (κ1) is 27.4. The number of aliphatic carboxylic acids is 2. The predicted octanol–water partition coefficient (Wildman–Crippen LogP) is 3.49. The van der Waals surface area contributed by atoms with Crippen LogP contribution in [-0.4, -0.2) is 69.4 Å². The van der Waals surface area contributed by atoms with Crippen LogP contribution in [0, 0.1) is 11.3 Å². The number of carboxylic acid groups (broad SMARTS) is 2. The van der Waals surface area contributed by atoms with E-state index in [4.69, 9.17) is 10.2 Å². The molecule has 0 aliphatic heterocycles. The van der Waals surface area contributed by atoms with Crippen molar-refractivity contribution in [3.8, 4) is 0 Å². The predicted molar refractivity (Wildman–Crippen MR) is 93.9 cm³/mol. The Kier molecular flexibility index (Phi) is 20.4. The van der Waals surface area contributed by atoms with E-state index in [1.807, 2.05) is 0 Å². The zero-order chi connectivity index (χ0) is 16.9. The molecule has 0 spiro atoms. The number of unbranched alkanes of at least 4 members (excludes halogenated alkanes) is 4. The molecular weight excluding hydrogens is 286 g/mol. The van der Waals surface area contributed by atoms with Gasteiger partial charge in [-0.1, -0.05) is 0 Å². The van der Waals surface area contributed by atoms with Crippen molar-refractivity contribution in [2.75, 3.05) is 0 Å². The summed E-state index contributed by atoms with van der Waals surface area (Å²) < 4.78 is 0. The van der Waals surface area contributed by atoms with Crippen LogP contribution < -0.4 is 0 Å². The first-order valence-corrected chi connectivity index (χ1v) is 8.08. The van der Waals surface area contributed by atoms with Crippen molar-refractivity contribution in [1.29, 1.82) is 0 Å². The van der Waals surface area contributed by atoms with Gasteiger partial charge in [-0.15, -0.1) is 0 Å². The number of carboxylic acids is 2. The molecule has 122 valence electrons.